The number of fused-ring (bicyclic) bond motifs is 2. The molecule has 5 atom stereocenters. The van der Waals surface area contributed by atoms with Gasteiger partial charge in [-0.15, -0.1) is 11.6 Å². The van der Waals surface area contributed by atoms with Gasteiger partial charge in [0.1, 0.15) is 0 Å². The van der Waals surface area contributed by atoms with E-state index < -0.39 is 0 Å². The van der Waals surface area contributed by atoms with Crippen LogP contribution in [-0.4, -0.2) is 21.4 Å². The maximum atomic E-state index is 10.3. The van der Waals surface area contributed by atoms with Crippen molar-refractivity contribution in [1.29, 1.82) is 0 Å². The molecule has 1 nitrogen and oxygen atoms in total. The molecule has 0 aromatic rings. The Morgan fingerprint density at radius 3 is 2.61 bits per heavy atom. The Labute approximate surface area is 123 Å². The molecule has 3 heteroatoms. The minimum Gasteiger partial charge on any atom is -0.388 e. The van der Waals surface area contributed by atoms with E-state index in [9.17, 15) is 5.11 Å². The SMILES string of the molecule is CC1(C)C(Br)[C@@H](O)C=C2C[C@]3(C)CC[C@@]21CC3Cl. The van der Waals surface area contributed by atoms with Crippen LogP contribution in [0.4, 0.5) is 0 Å². The molecule has 4 aliphatic rings. The van der Waals surface area contributed by atoms with Gasteiger partial charge < -0.3 is 5.11 Å². The molecule has 1 spiro atoms. The fraction of sp³-hybridized carbons (Fsp3) is 0.867. The van der Waals surface area contributed by atoms with Gasteiger partial charge >= 0.3 is 0 Å². The quantitative estimate of drug-likeness (QED) is 0.518. The lowest BCUT2D eigenvalue weighted by Gasteiger charge is -2.65. The first kappa shape index (κ1) is 13.5. The number of allylic oxidation sites excluding steroid dienone is 1. The molecule has 0 aromatic heterocycles. The molecule has 3 saturated carbocycles. The minimum atomic E-state index is -0.364. The monoisotopic (exact) mass is 332 g/mol. The average molecular weight is 334 g/mol. The molecule has 3 fully saturated rings. The molecule has 0 heterocycles. The van der Waals surface area contributed by atoms with Crippen LogP contribution in [0.1, 0.15) is 46.5 Å². The van der Waals surface area contributed by atoms with Gasteiger partial charge in [-0.1, -0.05) is 48.4 Å². The van der Waals surface area contributed by atoms with E-state index in [0.29, 0.717) is 0 Å². The zero-order valence-electron chi connectivity index (χ0n) is 11.3. The van der Waals surface area contributed by atoms with E-state index in [4.69, 9.17) is 11.6 Å². The summed E-state index contributed by atoms with van der Waals surface area (Å²) < 4.78 is 0. The van der Waals surface area contributed by atoms with E-state index in [1.54, 1.807) is 0 Å². The molecule has 0 radical (unpaired) electrons. The Kier molecular flexibility index (Phi) is 2.82. The van der Waals surface area contributed by atoms with Crippen LogP contribution in [0.25, 0.3) is 0 Å². The topological polar surface area (TPSA) is 20.2 Å². The molecule has 0 aromatic carbocycles. The predicted molar refractivity (Wildman–Crippen MR) is 79.2 cm³/mol. The summed E-state index contributed by atoms with van der Waals surface area (Å²) in [7, 11) is 0. The molecule has 0 amide bonds. The van der Waals surface area contributed by atoms with Crippen molar-refractivity contribution in [2.45, 2.75) is 62.8 Å². The van der Waals surface area contributed by atoms with Crippen LogP contribution in [0, 0.1) is 16.2 Å². The third-order valence-corrected chi connectivity index (χ3v) is 8.58. The van der Waals surface area contributed by atoms with Crippen molar-refractivity contribution in [3.63, 3.8) is 0 Å². The Morgan fingerprint density at radius 1 is 1.33 bits per heavy atom. The lowest BCUT2D eigenvalue weighted by atomic mass is 9.42. The maximum Gasteiger partial charge on any atom is 0.0854 e. The molecule has 0 aliphatic heterocycles. The van der Waals surface area contributed by atoms with Gasteiger partial charge in [0.15, 0.2) is 0 Å². The molecule has 1 N–H and O–H groups in total. The van der Waals surface area contributed by atoms with E-state index in [0.717, 1.165) is 12.8 Å². The second-order valence-corrected chi connectivity index (χ2v) is 8.90. The highest BCUT2D eigenvalue weighted by molar-refractivity contribution is 9.09. The first-order valence-corrected chi connectivity index (χ1v) is 8.26. The molecule has 0 saturated heterocycles. The van der Waals surface area contributed by atoms with E-state index in [1.807, 2.05) is 0 Å². The normalized spacial score (nSPS) is 53.9. The number of alkyl halides is 2. The number of aliphatic hydroxyl groups is 1. The Balaban J connectivity index is 2.14. The smallest absolute Gasteiger partial charge is 0.0854 e. The van der Waals surface area contributed by atoms with Gasteiger partial charge in [0.2, 0.25) is 0 Å². The molecular weight excluding hydrogens is 312 g/mol. The van der Waals surface area contributed by atoms with Gasteiger partial charge in [-0.3, -0.25) is 0 Å². The van der Waals surface area contributed by atoms with E-state index >= 15 is 0 Å². The molecule has 18 heavy (non-hydrogen) atoms. The number of rotatable bonds is 0. The van der Waals surface area contributed by atoms with Crippen LogP contribution in [0.3, 0.4) is 0 Å². The highest BCUT2D eigenvalue weighted by Gasteiger charge is 2.63. The number of hydrogen-bond donors (Lipinski definition) is 1. The van der Waals surface area contributed by atoms with Crippen LogP contribution in [0.2, 0.25) is 0 Å². The Hall–Kier alpha value is 0.470. The number of hydrogen-bond acceptors (Lipinski definition) is 1. The highest BCUT2D eigenvalue weighted by Crippen LogP contribution is 2.69. The molecule has 4 aliphatic carbocycles. The third kappa shape index (κ3) is 1.43. The summed E-state index contributed by atoms with van der Waals surface area (Å²) in [6.07, 6.45) is 6.33. The molecule has 102 valence electrons. The second-order valence-electron chi connectivity index (χ2n) is 7.39. The summed E-state index contributed by atoms with van der Waals surface area (Å²) in [6.45, 7) is 6.90. The van der Waals surface area contributed by atoms with Gasteiger partial charge in [-0.25, -0.2) is 0 Å². The average Bonchev–Trinajstić information content (AvgIpc) is 2.28. The minimum absolute atomic E-state index is 0.0609. The van der Waals surface area contributed by atoms with Crippen LogP contribution in [0.5, 0.6) is 0 Å². The van der Waals surface area contributed by atoms with Crippen molar-refractivity contribution in [3.8, 4) is 0 Å². The van der Waals surface area contributed by atoms with Crippen molar-refractivity contribution >= 4 is 27.5 Å². The van der Waals surface area contributed by atoms with Crippen LogP contribution < -0.4 is 0 Å². The van der Waals surface area contributed by atoms with Crippen molar-refractivity contribution in [2.75, 3.05) is 0 Å². The van der Waals surface area contributed by atoms with Crippen LogP contribution in [0.15, 0.2) is 11.6 Å². The zero-order chi connectivity index (χ0) is 13.3. The summed E-state index contributed by atoms with van der Waals surface area (Å²) in [4.78, 5) is 0.125. The fourth-order valence-corrected chi connectivity index (χ4v) is 5.64. The van der Waals surface area contributed by atoms with Crippen molar-refractivity contribution in [3.05, 3.63) is 11.6 Å². The van der Waals surface area contributed by atoms with Crippen LogP contribution >= 0.6 is 27.5 Å². The van der Waals surface area contributed by atoms with Crippen LogP contribution in [-0.2, 0) is 0 Å². The molecular formula is C15H22BrClO. The molecule has 2 unspecified atom stereocenters. The van der Waals surface area contributed by atoms with Gasteiger partial charge in [0.05, 0.1) is 10.9 Å². The van der Waals surface area contributed by atoms with Crippen molar-refractivity contribution in [1.82, 2.24) is 0 Å². The summed E-state index contributed by atoms with van der Waals surface area (Å²) in [6, 6.07) is 0. The van der Waals surface area contributed by atoms with Crippen molar-refractivity contribution < 1.29 is 5.11 Å². The molecule has 2 bridgehead atoms. The predicted octanol–water partition coefficient (Wildman–Crippen LogP) is 4.26. The van der Waals surface area contributed by atoms with E-state index in [1.165, 1.54) is 18.4 Å². The van der Waals surface area contributed by atoms with Crippen molar-refractivity contribution in [2.24, 2.45) is 16.2 Å². The maximum absolute atomic E-state index is 10.3. The second kappa shape index (κ2) is 3.77. The Morgan fingerprint density at radius 2 is 2.00 bits per heavy atom. The largest absolute Gasteiger partial charge is 0.388 e. The first-order valence-electron chi connectivity index (χ1n) is 6.90. The van der Waals surface area contributed by atoms with E-state index in [-0.39, 0.29) is 32.6 Å². The number of aliphatic hydroxyl groups excluding tert-OH is 1. The third-order valence-electron chi connectivity index (χ3n) is 6.21. The van der Waals surface area contributed by atoms with Gasteiger partial charge in [0.25, 0.3) is 0 Å². The molecule has 4 rings (SSSR count). The lowest BCUT2D eigenvalue weighted by Crippen LogP contribution is -2.60. The highest BCUT2D eigenvalue weighted by atomic mass is 79.9. The summed E-state index contributed by atoms with van der Waals surface area (Å²) in [5.74, 6) is 0. The first-order chi connectivity index (χ1) is 8.23. The zero-order valence-corrected chi connectivity index (χ0v) is 13.7. The fourth-order valence-electron chi connectivity index (χ4n) is 4.60. The van der Waals surface area contributed by atoms with Gasteiger partial charge in [-0.05, 0) is 41.9 Å². The summed E-state index contributed by atoms with van der Waals surface area (Å²) in [5, 5.41) is 10.5. The standard InChI is InChI=1S/C15H22BrClO/c1-13(2)12(16)10(18)6-9-7-14(3)4-5-15(9,13)8-11(14)17/h6,10-12,18H,4-5,7-8H2,1-3H3/t10-,11?,12?,14-,15+/m0/s1. The van der Waals surface area contributed by atoms with E-state index in [2.05, 4.69) is 42.8 Å². The summed E-state index contributed by atoms with van der Waals surface area (Å²) in [5.41, 5.74) is 1.97. The van der Waals surface area contributed by atoms with Gasteiger partial charge in [0, 0.05) is 5.38 Å². The summed E-state index contributed by atoms with van der Waals surface area (Å²) >= 11 is 10.4. The Bertz CT molecular complexity index is 419. The number of halogens is 2. The van der Waals surface area contributed by atoms with Gasteiger partial charge in [-0.2, -0.15) is 0 Å². The lowest BCUT2D eigenvalue weighted by molar-refractivity contribution is -0.0488.